The van der Waals surface area contributed by atoms with E-state index in [-0.39, 0.29) is 0 Å². The van der Waals surface area contributed by atoms with Crippen LogP contribution in [0.5, 0.6) is 11.5 Å². The molecule has 4 heteroatoms. The fraction of sp³-hybridized carbons (Fsp3) is 0.267. The maximum atomic E-state index is 10.4. The highest BCUT2D eigenvalue weighted by atomic mass is 16.6. The van der Waals surface area contributed by atoms with Crippen molar-refractivity contribution in [1.29, 1.82) is 0 Å². The third-order valence-electron chi connectivity index (χ3n) is 3.10. The summed E-state index contributed by atoms with van der Waals surface area (Å²) in [5, 5.41) is 10.4. The molecule has 19 heavy (non-hydrogen) atoms. The molecule has 1 unspecified atom stereocenters. The topological polar surface area (TPSA) is 51.6 Å². The molecule has 98 valence electrons. The normalized spacial score (nSPS) is 15.1. The Labute approximate surface area is 111 Å². The Balaban J connectivity index is 1.93. The first kappa shape index (κ1) is 12.0. The number of benzene rings is 1. The van der Waals surface area contributed by atoms with Crippen LogP contribution in [-0.2, 0) is 0 Å². The van der Waals surface area contributed by atoms with E-state index in [0.717, 1.165) is 16.9 Å². The molecule has 0 saturated heterocycles. The summed E-state index contributed by atoms with van der Waals surface area (Å²) in [6.07, 6.45) is 0.946. The molecule has 1 aromatic carbocycles. The Morgan fingerprint density at radius 2 is 1.89 bits per heavy atom. The minimum Gasteiger partial charge on any atom is -0.486 e. The van der Waals surface area contributed by atoms with Gasteiger partial charge in [-0.1, -0.05) is 6.07 Å². The van der Waals surface area contributed by atoms with Gasteiger partial charge in [-0.2, -0.15) is 0 Å². The molecule has 0 spiro atoms. The van der Waals surface area contributed by atoms with E-state index in [0.29, 0.717) is 24.7 Å². The summed E-state index contributed by atoms with van der Waals surface area (Å²) in [5.74, 6) is 1.40. The average Bonchev–Trinajstić information content (AvgIpc) is 2.46. The molecule has 2 aromatic rings. The van der Waals surface area contributed by atoms with Crippen molar-refractivity contribution in [2.75, 3.05) is 13.2 Å². The molecule has 1 atom stereocenters. The standard InChI is InChI=1S/C15H15NO3/c1-10-4-5-16-12(8-10)15(17)11-2-3-13-14(9-11)19-7-6-18-13/h2-5,8-9,15,17H,6-7H2,1H3. The van der Waals surface area contributed by atoms with E-state index in [1.807, 2.05) is 37.3 Å². The van der Waals surface area contributed by atoms with Crippen LogP contribution in [0.25, 0.3) is 0 Å². The predicted octanol–water partition coefficient (Wildman–Crippen LogP) is 2.24. The molecule has 0 radical (unpaired) electrons. The first-order valence-corrected chi connectivity index (χ1v) is 6.24. The molecular formula is C15H15NO3. The van der Waals surface area contributed by atoms with Gasteiger partial charge in [-0.15, -0.1) is 0 Å². The van der Waals surface area contributed by atoms with Gasteiger partial charge in [0.2, 0.25) is 0 Å². The van der Waals surface area contributed by atoms with E-state index in [2.05, 4.69) is 4.98 Å². The summed E-state index contributed by atoms with van der Waals surface area (Å²) < 4.78 is 11.0. The van der Waals surface area contributed by atoms with Crippen molar-refractivity contribution in [3.63, 3.8) is 0 Å². The maximum absolute atomic E-state index is 10.4. The summed E-state index contributed by atoms with van der Waals surface area (Å²) in [7, 11) is 0. The van der Waals surface area contributed by atoms with Crippen LogP contribution in [0.4, 0.5) is 0 Å². The minimum atomic E-state index is -0.754. The molecule has 0 saturated carbocycles. The number of aliphatic hydroxyl groups is 1. The summed E-state index contributed by atoms with van der Waals surface area (Å²) >= 11 is 0. The first-order chi connectivity index (χ1) is 9.24. The number of hydrogen-bond acceptors (Lipinski definition) is 4. The number of pyridine rings is 1. The van der Waals surface area contributed by atoms with Crippen LogP contribution in [0.3, 0.4) is 0 Å². The monoisotopic (exact) mass is 257 g/mol. The van der Waals surface area contributed by atoms with E-state index in [1.54, 1.807) is 6.20 Å². The van der Waals surface area contributed by atoms with Crippen molar-refractivity contribution in [3.05, 3.63) is 53.3 Å². The van der Waals surface area contributed by atoms with E-state index in [9.17, 15) is 5.11 Å². The second kappa shape index (κ2) is 4.90. The number of aryl methyl sites for hydroxylation is 1. The summed E-state index contributed by atoms with van der Waals surface area (Å²) in [6, 6.07) is 9.25. The Hall–Kier alpha value is -2.07. The number of rotatable bonds is 2. The number of aliphatic hydroxyl groups excluding tert-OH is 1. The van der Waals surface area contributed by atoms with Gasteiger partial charge in [0, 0.05) is 6.20 Å². The molecule has 1 aliphatic heterocycles. The molecule has 1 aliphatic rings. The van der Waals surface area contributed by atoms with Crippen molar-refractivity contribution >= 4 is 0 Å². The maximum Gasteiger partial charge on any atom is 0.161 e. The van der Waals surface area contributed by atoms with Crippen LogP contribution in [0, 0.1) is 6.92 Å². The van der Waals surface area contributed by atoms with Crippen molar-refractivity contribution < 1.29 is 14.6 Å². The Morgan fingerprint density at radius 1 is 1.11 bits per heavy atom. The number of fused-ring (bicyclic) bond motifs is 1. The van der Waals surface area contributed by atoms with Crippen molar-refractivity contribution in [3.8, 4) is 11.5 Å². The molecule has 0 aliphatic carbocycles. The van der Waals surface area contributed by atoms with Gasteiger partial charge in [0.05, 0.1) is 5.69 Å². The third kappa shape index (κ3) is 2.39. The SMILES string of the molecule is Cc1ccnc(C(O)c2ccc3c(c2)OCCO3)c1. The quantitative estimate of drug-likeness (QED) is 0.896. The molecule has 0 bridgehead atoms. The van der Waals surface area contributed by atoms with Gasteiger partial charge < -0.3 is 14.6 Å². The Morgan fingerprint density at radius 3 is 2.68 bits per heavy atom. The number of hydrogen-bond donors (Lipinski definition) is 1. The number of aromatic nitrogens is 1. The van der Waals surface area contributed by atoms with Gasteiger partial charge >= 0.3 is 0 Å². The zero-order chi connectivity index (χ0) is 13.2. The number of nitrogens with zero attached hydrogens (tertiary/aromatic N) is 1. The van der Waals surface area contributed by atoms with E-state index >= 15 is 0 Å². The zero-order valence-corrected chi connectivity index (χ0v) is 10.7. The van der Waals surface area contributed by atoms with Crippen LogP contribution in [0.2, 0.25) is 0 Å². The first-order valence-electron chi connectivity index (χ1n) is 6.24. The molecule has 0 amide bonds. The molecule has 4 nitrogen and oxygen atoms in total. The molecular weight excluding hydrogens is 242 g/mol. The minimum absolute atomic E-state index is 0.537. The largest absolute Gasteiger partial charge is 0.486 e. The van der Waals surface area contributed by atoms with Crippen molar-refractivity contribution in [2.24, 2.45) is 0 Å². The Bertz CT molecular complexity index is 598. The molecule has 1 N–H and O–H groups in total. The smallest absolute Gasteiger partial charge is 0.161 e. The fourth-order valence-electron chi connectivity index (χ4n) is 2.11. The highest BCUT2D eigenvalue weighted by molar-refractivity contribution is 5.45. The van der Waals surface area contributed by atoms with Gasteiger partial charge in [0.25, 0.3) is 0 Å². The van der Waals surface area contributed by atoms with Gasteiger partial charge in [-0.25, -0.2) is 0 Å². The second-order valence-corrected chi connectivity index (χ2v) is 4.56. The van der Waals surface area contributed by atoms with Crippen molar-refractivity contribution in [2.45, 2.75) is 13.0 Å². The lowest BCUT2D eigenvalue weighted by Crippen LogP contribution is -2.15. The molecule has 2 heterocycles. The summed E-state index contributed by atoms with van der Waals surface area (Å²) in [4.78, 5) is 4.21. The Kier molecular flexibility index (Phi) is 3.09. The highest BCUT2D eigenvalue weighted by Gasteiger charge is 2.17. The van der Waals surface area contributed by atoms with Gasteiger partial charge in [0.1, 0.15) is 19.3 Å². The van der Waals surface area contributed by atoms with Crippen LogP contribution in [0.15, 0.2) is 36.5 Å². The van der Waals surface area contributed by atoms with Gasteiger partial charge in [-0.05, 0) is 42.3 Å². The summed E-state index contributed by atoms with van der Waals surface area (Å²) in [5.41, 5.74) is 2.46. The summed E-state index contributed by atoms with van der Waals surface area (Å²) in [6.45, 7) is 3.07. The fourth-order valence-corrected chi connectivity index (χ4v) is 2.11. The van der Waals surface area contributed by atoms with E-state index in [1.165, 1.54) is 0 Å². The van der Waals surface area contributed by atoms with Crippen LogP contribution < -0.4 is 9.47 Å². The molecule has 0 fully saturated rings. The second-order valence-electron chi connectivity index (χ2n) is 4.56. The molecule has 1 aromatic heterocycles. The van der Waals surface area contributed by atoms with E-state index < -0.39 is 6.10 Å². The third-order valence-corrected chi connectivity index (χ3v) is 3.10. The highest BCUT2D eigenvalue weighted by Crippen LogP contribution is 2.33. The zero-order valence-electron chi connectivity index (χ0n) is 10.7. The van der Waals surface area contributed by atoms with E-state index in [4.69, 9.17) is 9.47 Å². The lowest BCUT2D eigenvalue weighted by Gasteiger charge is -2.20. The van der Waals surface area contributed by atoms with Crippen LogP contribution in [0.1, 0.15) is 22.9 Å². The van der Waals surface area contributed by atoms with Crippen molar-refractivity contribution in [1.82, 2.24) is 4.98 Å². The molecule has 3 rings (SSSR count). The lowest BCUT2D eigenvalue weighted by molar-refractivity contribution is 0.169. The average molecular weight is 257 g/mol. The van der Waals surface area contributed by atoms with Crippen LogP contribution in [-0.4, -0.2) is 23.3 Å². The van der Waals surface area contributed by atoms with Crippen LogP contribution >= 0.6 is 0 Å². The predicted molar refractivity (Wildman–Crippen MR) is 70.5 cm³/mol. The number of ether oxygens (including phenoxy) is 2. The van der Waals surface area contributed by atoms with Gasteiger partial charge in [-0.3, -0.25) is 4.98 Å². The lowest BCUT2D eigenvalue weighted by atomic mass is 10.0. The van der Waals surface area contributed by atoms with Gasteiger partial charge in [0.15, 0.2) is 11.5 Å².